The van der Waals surface area contributed by atoms with Crippen LogP contribution in [0, 0.1) is 6.92 Å². The molecule has 1 fully saturated rings. The normalized spacial score (nSPS) is 21.7. The maximum absolute atomic E-state index is 17.9. The molecule has 12 heteroatoms. The Labute approximate surface area is 397 Å². The molecule has 0 saturated carbocycles. The minimum absolute atomic E-state index is 0.0419. The van der Waals surface area contributed by atoms with Crippen molar-refractivity contribution < 1.29 is 37.6 Å². The van der Waals surface area contributed by atoms with Gasteiger partial charge in [0.1, 0.15) is 24.1 Å². The van der Waals surface area contributed by atoms with Crippen LogP contribution in [0.2, 0.25) is 5.02 Å². The highest BCUT2D eigenvalue weighted by atomic mass is 128. The third kappa shape index (κ3) is 11.3. The molecule has 6 atom stereocenters. The number of amides is 1. The van der Waals surface area contributed by atoms with Gasteiger partial charge in [0.15, 0.2) is 6.29 Å². The summed E-state index contributed by atoms with van der Waals surface area (Å²) in [6, 6.07) is 49.6. The van der Waals surface area contributed by atoms with Crippen molar-refractivity contribution >= 4 is 60.4 Å². The van der Waals surface area contributed by atoms with Gasteiger partial charge in [0.25, 0.3) is 5.91 Å². The topological polar surface area (TPSA) is 75.7 Å². The first kappa shape index (κ1) is 47.0. The molecule has 2 aliphatic heterocycles. The molecule has 0 aromatic heterocycles. The fourth-order valence-corrected chi connectivity index (χ4v) is 8.29. The zero-order valence-corrected chi connectivity index (χ0v) is 40.0. The zero-order valence-electron chi connectivity index (χ0n) is 35.0. The van der Waals surface area contributed by atoms with Gasteiger partial charge in [-0.1, -0.05) is 145 Å². The zero-order chi connectivity index (χ0) is 44.2. The van der Waals surface area contributed by atoms with E-state index in [4.69, 9.17) is 40.0 Å². The summed E-state index contributed by atoms with van der Waals surface area (Å²) in [7, 11) is 1.45. The highest BCUT2D eigenvalue weighted by Gasteiger charge is 2.55. The van der Waals surface area contributed by atoms with E-state index in [1.807, 2.05) is 134 Å². The summed E-state index contributed by atoms with van der Waals surface area (Å²) >= 11 is 10.7. The SMILES string of the molecule is COc1ccc(Cl)cc1C1(F)C(=O)N(CCC2O[C@H](OCc3ccccc3)[C@@H](OCc3ccccc3)[C@H](OCc3ccccc3)[C@H]2OCc2ccccc2)c2cc(C)ccc21.II. The maximum Gasteiger partial charge on any atom is 0.274 e. The number of nitrogens with zero attached hydrogens (tertiary/aromatic N) is 1. The van der Waals surface area contributed by atoms with Crippen molar-refractivity contribution in [1.29, 1.82) is 0 Å². The predicted molar refractivity (Wildman–Crippen MR) is 261 cm³/mol. The number of alkyl halides is 1. The summed E-state index contributed by atoms with van der Waals surface area (Å²) in [5, 5.41) is 0.286. The van der Waals surface area contributed by atoms with Gasteiger partial charge in [0.05, 0.1) is 45.3 Å². The molecule has 63 heavy (non-hydrogen) atoms. The Bertz CT molecular complexity index is 2370. The van der Waals surface area contributed by atoms with Crippen LogP contribution < -0.4 is 9.64 Å². The Morgan fingerprint density at radius 1 is 0.635 bits per heavy atom. The second-order valence-electron chi connectivity index (χ2n) is 15.4. The van der Waals surface area contributed by atoms with E-state index >= 15 is 4.39 Å². The molecular formula is C51H49ClFI2NO7. The second kappa shape index (κ2) is 22.8. The lowest BCUT2D eigenvalue weighted by atomic mass is 9.88. The summed E-state index contributed by atoms with van der Waals surface area (Å²) in [5.41, 5.74) is 2.90. The first-order chi connectivity index (χ1) is 30.8. The Kier molecular flexibility index (Phi) is 17.0. The molecule has 1 amide bonds. The molecule has 0 radical (unpaired) electrons. The molecule has 6 aromatic rings. The van der Waals surface area contributed by atoms with Crippen LogP contribution in [0.5, 0.6) is 5.75 Å². The summed E-state index contributed by atoms with van der Waals surface area (Å²) in [5.74, 6) is -0.527. The van der Waals surface area contributed by atoms with Crippen molar-refractivity contribution in [2.75, 3.05) is 18.6 Å². The van der Waals surface area contributed by atoms with E-state index in [0.29, 0.717) is 5.69 Å². The van der Waals surface area contributed by atoms with Gasteiger partial charge in [-0.25, -0.2) is 4.39 Å². The summed E-state index contributed by atoms with van der Waals surface area (Å²) in [6.45, 7) is 3.04. The maximum atomic E-state index is 17.9. The molecule has 0 aliphatic carbocycles. The van der Waals surface area contributed by atoms with Crippen molar-refractivity contribution in [2.45, 2.75) is 76.1 Å². The molecule has 6 aromatic carbocycles. The van der Waals surface area contributed by atoms with Gasteiger partial charge >= 0.3 is 0 Å². The van der Waals surface area contributed by atoms with Crippen LogP contribution >= 0.6 is 48.8 Å². The molecule has 2 aliphatic rings. The third-order valence-electron chi connectivity index (χ3n) is 11.2. The number of aryl methyl sites for hydroxylation is 1. The molecule has 0 bridgehead atoms. The molecule has 0 spiro atoms. The minimum Gasteiger partial charge on any atom is -0.496 e. The number of hydrogen-bond acceptors (Lipinski definition) is 7. The van der Waals surface area contributed by atoms with E-state index in [0.717, 1.165) is 27.8 Å². The largest absolute Gasteiger partial charge is 0.496 e. The monoisotopic (exact) mass is 1100 g/mol. The molecule has 328 valence electrons. The molecule has 8 nitrogen and oxygen atoms in total. The average Bonchev–Trinajstić information content (AvgIpc) is 3.54. The molecule has 2 heterocycles. The van der Waals surface area contributed by atoms with Crippen LogP contribution in [0.3, 0.4) is 0 Å². The number of anilines is 1. The number of methoxy groups -OCH3 is 1. The second-order valence-corrected chi connectivity index (χ2v) is 15.8. The van der Waals surface area contributed by atoms with Gasteiger partial charge in [-0.05, 0) is 65.4 Å². The number of carbonyl (C=O) groups is 1. The molecule has 8 rings (SSSR count). The molecule has 1 saturated heterocycles. The van der Waals surface area contributed by atoms with E-state index < -0.39 is 42.3 Å². The predicted octanol–water partition coefficient (Wildman–Crippen LogP) is 12.1. The van der Waals surface area contributed by atoms with Gasteiger partial charge in [-0.2, -0.15) is 0 Å². The van der Waals surface area contributed by atoms with Crippen LogP contribution in [0.4, 0.5) is 10.1 Å². The molecule has 0 N–H and O–H groups in total. The number of fused-ring (bicyclic) bond motifs is 1. The summed E-state index contributed by atoms with van der Waals surface area (Å²) < 4.78 is 57.6. The highest BCUT2D eigenvalue weighted by Crippen LogP contribution is 2.51. The number of halogens is 4. The van der Waals surface area contributed by atoms with Crippen molar-refractivity contribution in [3.05, 3.63) is 202 Å². The number of hydrogen-bond donors (Lipinski definition) is 0. The van der Waals surface area contributed by atoms with Crippen molar-refractivity contribution in [1.82, 2.24) is 0 Å². The van der Waals surface area contributed by atoms with Crippen molar-refractivity contribution in [3.63, 3.8) is 0 Å². The Hall–Kier alpha value is -3.93. The average molecular weight is 1100 g/mol. The number of benzene rings is 6. The van der Waals surface area contributed by atoms with Gasteiger partial charge in [0.2, 0.25) is 5.67 Å². The minimum atomic E-state index is -2.56. The standard InChI is InChI=1S/C51H49ClFNO7.I2/c1-35-23-25-41-43(29-35)54(50(55)51(41,53)42-30-40(52)24-26-44(42)56-2)28-27-45-46(57-31-36-15-7-3-8-16-36)47(58-32-37-17-9-4-10-18-37)48(59-33-38-19-11-5-12-20-38)49(61-45)60-34-39-21-13-6-14-22-39;1-2/h3-26,29-30,45-49H,27-28,31-34H2,1-2H3;/t45?,46-,47+,48-,49-,51?;/m0./s1. The summed E-state index contributed by atoms with van der Waals surface area (Å²) in [6.07, 6.45) is -3.52. The number of rotatable bonds is 17. The highest BCUT2D eigenvalue weighted by molar-refractivity contribution is 15.0. The van der Waals surface area contributed by atoms with Crippen LogP contribution in [-0.4, -0.2) is 50.3 Å². The lowest BCUT2D eigenvalue weighted by Crippen LogP contribution is -2.61. The Balaban J connectivity index is 0.00000293. The van der Waals surface area contributed by atoms with Gasteiger partial charge in [-0.3, -0.25) is 4.79 Å². The van der Waals surface area contributed by atoms with Crippen LogP contribution in [-0.2, 0) is 60.6 Å². The lowest BCUT2D eigenvalue weighted by molar-refractivity contribution is -0.326. The van der Waals surface area contributed by atoms with E-state index in [9.17, 15) is 4.79 Å². The van der Waals surface area contributed by atoms with Crippen LogP contribution in [0.25, 0.3) is 0 Å². The van der Waals surface area contributed by atoms with E-state index in [1.165, 1.54) is 18.1 Å². The fourth-order valence-electron chi connectivity index (χ4n) is 8.12. The number of ether oxygens (including phenoxy) is 6. The van der Waals surface area contributed by atoms with E-state index in [1.54, 1.807) is 24.3 Å². The summed E-state index contributed by atoms with van der Waals surface area (Å²) in [4.78, 5) is 16.2. The van der Waals surface area contributed by atoms with Crippen molar-refractivity contribution in [2.24, 2.45) is 0 Å². The number of carbonyl (C=O) groups excluding carboxylic acids is 1. The smallest absolute Gasteiger partial charge is 0.274 e. The van der Waals surface area contributed by atoms with Gasteiger partial charge < -0.3 is 33.3 Å². The fraction of sp³-hybridized carbons (Fsp3) is 0.275. The first-order valence-electron chi connectivity index (χ1n) is 20.7. The Morgan fingerprint density at radius 3 is 1.65 bits per heavy atom. The molecule has 2 unspecified atom stereocenters. The van der Waals surface area contributed by atoms with Gasteiger partial charge in [-0.15, -0.1) is 0 Å². The lowest BCUT2D eigenvalue weighted by Gasteiger charge is -2.46. The van der Waals surface area contributed by atoms with Crippen molar-refractivity contribution in [3.8, 4) is 5.75 Å². The Morgan fingerprint density at radius 2 is 1.13 bits per heavy atom. The third-order valence-corrected chi connectivity index (χ3v) is 11.5. The first-order valence-corrected chi connectivity index (χ1v) is 27.4. The quantitative estimate of drug-likeness (QED) is 0.0842. The van der Waals surface area contributed by atoms with E-state index in [2.05, 4.69) is 37.2 Å². The van der Waals surface area contributed by atoms with Crippen LogP contribution in [0.15, 0.2) is 158 Å². The van der Waals surface area contributed by atoms with Gasteiger partial charge in [0, 0.05) is 59.9 Å². The van der Waals surface area contributed by atoms with E-state index in [-0.39, 0.29) is 61.3 Å². The van der Waals surface area contributed by atoms with Crippen LogP contribution in [0.1, 0.15) is 45.4 Å². The molecular weight excluding hydrogens is 1050 g/mol.